The van der Waals surface area contributed by atoms with E-state index >= 15 is 0 Å². The van der Waals surface area contributed by atoms with Crippen LogP contribution in [0.15, 0.2) is 25.3 Å². The summed E-state index contributed by atoms with van der Waals surface area (Å²) in [6.45, 7) is 14.0. The number of aliphatic hydroxyl groups is 1. The number of aliphatic hydroxyl groups excluding tert-OH is 1. The summed E-state index contributed by atoms with van der Waals surface area (Å²) in [6, 6.07) is -0.581. The molecule has 0 aliphatic carbocycles. The smallest absolute Gasteiger partial charge is 0.310 e. The van der Waals surface area contributed by atoms with Gasteiger partial charge in [-0.2, -0.15) is 0 Å². The van der Waals surface area contributed by atoms with Gasteiger partial charge in [0.05, 0.1) is 23.2 Å². The molecular weight excluding hydrogens is 500 g/mol. The Labute approximate surface area is 233 Å². The number of carbonyl (C=O) groups is 3. The van der Waals surface area contributed by atoms with Crippen molar-refractivity contribution < 1.29 is 24.2 Å². The van der Waals surface area contributed by atoms with Gasteiger partial charge in [-0.3, -0.25) is 14.4 Å². The topological polar surface area (TPSA) is 87.2 Å². The first-order valence-corrected chi connectivity index (χ1v) is 15.5. The molecule has 1 spiro atoms. The summed E-state index contributed by atoms with van der Waals surface area (Å²) in [4.78, 5) is 45.5. The highest BCUT2D eigenvalue weighted by Gasteiger charge is 2.76. The number of esters is 1. The van der Waals surface area contributed by atoms with Gasteiger partial charge in [0.1, 0.15) is 6.04 Å². The first-order valence-electron chi connectivity index (χ1n) is 14.6. The fourth-order valence-electron chi connectivity index (χ4n) is 6.72. The van der Waals surface area contributed by atoms with E-state index in [-0.39, 0.29) is 35.6 Å². The zero-order chi connectivity index (χ0) is 27.7. The van der Waals surface area contributed by atoms with Crippen molar-refractivity contribution in [2.75, 3.05) is 32.8 Å². The molecule has 7 nitrogen and oxygen atoms in total. The number of nitrogens with zero attached hydrogens (tertiary/aromatic N) is 2. The van der Waals surface area contributed by atoms with Gasteiger partial charge in [-0.1, -0.05) is 51.7 Å². The van der Waals surface area contributed by atoms with E-state index in [0.29, 0.717) is 26.2 Å². The van der Waals surface area contributed by atoms with Crippen LogP contribution in [0.1, 0.15) is 78.1 Å². The van der Waals surface area contributed by atoms with Crippen LogP contribution in [0.4, 0.5) is 0 Å². The monoisotopic (exact) mass is 548 g/mol. The molecule has 0 radical (unpaired) electrons. The zero-order valence-electron chi connectivity index (χ0n) is 23.4. The van der Waals surface area contributed by atoms with Gasteiger partial charge in [-0.25, -0.2) is 0 Å². The predicted octanol–water partition coefficient (Wildman–Crippen LogP) is 4.59. The zero-order valence-corrected chi connectivity index (χ0v) is 24.3. The lowest BCUT2D eigenvalue weighted by atomic mass is 9.66. The van der Waals surface area contributed by atoms with Crippen LogP contribution >= 0.6 is 11.8 Å². The van der Waals surface area contributed by atoms with E-state index in [1.807, 2.05) is 15.9 Å². The standard InChI is InChI=1S/C30H48N2O5S/c1-5-8-12-17-31(16-7-3)28(35)26-30-22(4)21-23(38-30)24(29(36)37-20-15-9-6-2)25(30)27(34)32(26)18-13-10-11-14-19-33/h6-7,22-26,33H,2-3,5,8-21H2,1,4H3/t22?,23-,24+,25-,26?,30?/m0/s1. The number of hydrogen-bond acceptors (Lipinski definition) is 6. The van der Waals surface area contributed by atoms with Crippen LogP contribution < -0.4 is 0 Å². The van der Waals surface area contributed by atoms with E-state index in [1.54, 1.807) is 17.8 Å². The normalized spacial score (nSPS) is 29.4. The molecule has 0 saturated carbocycles. The maximum atomic E-state index is 14.3. The van der Waals surface area contributed by atoms with Crippen molar-refractivity contribution in [1.82, 2.24) is 9.80 Å². The van der Waals surface area contributed by atoms with Crippen molar-refractivity contribution in [2.24, 2.45) is 17.8 Å². The molecule has 3 fully saturated rings. The molecule has 0 aromatic rings. The third kappa shape index (κ3) is 6.16. The van der Waals surface area contributed by atoms with Crippen LogP contribution in [0.25, 0.3) is 0 Å². The van der Waals surface area contributed by atoms with E-state index in [1.165, 1.54) is 0 Å². The molecule has 2 amide bonds. The lowest BCUT2D eigenvalue weighted by molar-refractivity contribution is -0.154. The summed E-state index contributed by atoms with van der Waals surface area (Å²) >= 11 is 1.71. The minimum atomic E-state index is -0.612. The molecule has 3 saturated heterocycles. The number of hydrogen-bond donors (Lipinski definition) is 1. The average molecular weight is 549 g/mol. The Morgan fingerprint density at radius 2 is 1.92 bits per heavy atom. The molecule has 3 aliphatic rings. The first-order chi connectivity index (χ1) is 18.4. The molecule has 1 N–H and O–H groups in total. The Morgan fingerprint density at radius 1 is 1.16 bits per heavy atom. The number of thioether (sulfide) groups is 1. The number of likely N-dealkylation sites (tertiary alicyclic amines) is 1. The summed E-state index contributed by atoms with van der Waals surface area (Å²) in [5.74, 6) is -1.25. The summed E-state index contributed by atoms with van der Waals surface area (Å²) in [5, 5.41) is 9.14. The van der Waals surface area contributed by atoms with Crippen LogP contribution in [0.3, 0.4) is 0 Å². The molecule has 2 bridgehead atoms. The Kier molecular flexibility index (Phi) is 11.8. The second-order valence-electron chi connectivity index (χ2n) is 11.1. The van der Waals surface area contributed by atoms with Crippen LogP contribution in [0.5, 0.6) is 0 Å². The van der Waals surface area contributed by atoms with Gasteiger partial charge in [0.2, 0.25) is 11.8 Å². The maximum Gasteiger partial charge on any atom is 0.310 e. The van der Waals surface area contributed by atoms with Gasteiger partial charge in [0.25, 0.3) is 0 Å². The number of ether oxygens (including phenoxy) is 1. The van der Waals surface area contributed by atoms with Crippen molar-refractivity contribution in [3.05, 3.63) is 25.3 Å². The highest BCUT2D eigenvalue weighted by atomic mass is 32.2. The molecule has 3 heterocycles. The average Bonchev–Trinajstić information content (AvgIpc) is 3.49. The van der Waals surface area contributed by atoms with Crippen molar-refractivity contribution in [1.29, 1.82) is 0 Å². The number of fused-ring (bicyclic) bond motifs is 1. The minimum absolute atomic E-state index is 0.000745. The molecule has 0 aromatic carbocycles. The summed E-state index contributed by atoms with van der Waals surface area (Å²) in [5.41, 5.74) is 0. The molecule has 3 aliphatic heterocycles. The lowest BCUT2D eigenvalue weighted by Crippen LogP contribution is -2.57. The number of allylic oxidation sites excluding steroid dienone is 1. The van der Waals surface area contributed by atoms with Gasteiger partial charge in [-0.05, 0) is 44.4 Å². The highest BCUT2D eigenvalue weighted by Crippen LogP contribution is 2.68. The molecule has 214 valence electrons. The molecule has 3 unspecified atom stereocenters. The Bertz CT molecular complexity index is 850. The first kappa shape index (κ1) is 30.7. The Hall–Kier alpha value is -1.80. The summed E-state index contributed by atoms with van der Waals surface area (Å²) < 4.78 is 5.06. The van der Waals surface area contributed by atoms with Crippen molar-refractivity contribution >= 4 is 29.5 Å². The quantitative estimate of drug-likeness (QED) is 0.153. The van der Waals surface area contributed by atoms with Crippen molar-refractivity contribution in [3.8, 4) is 0 Å². The SMILES string of the molecule is C=CCCCOC(=O)[C@@H]1[C@@H]2CC(C)C3(S2)C(C(=O)N(CC=C)CCCCC)N(CCCCCCO)C(=O)[C@H]13. The Morgan fingerprint density at radius 3 is 2.61 bits per heavy atom. The van der Waals surface area contributed by atoms with E-state index < -0.39 is 22.6 Å². The van der Waals surface area contributed by atoms with E-state index in [2.05, 4.69) is 27.0 Å². The third-order valence-corrected chi connectivity index (χ3v) is 10.6. The molecular formula is C30H48N2O5S. The Balaban J connectivity index is 1.90. The minimum Gasteiger partial charge on any atom is -0.465 e. The fourth-order valence-corrected chi connectivity index (χ4v) is 9.13. The fraction of sp³-hybridized carbons (Fsp3) is 0.767. The molecule has 8 heteroatoms. The van der Waals surface area contributed by atoms with Gasteiger partial charge in [0.15, 0.2) is 0 Å². The maximum absolute atomic E-state index is 14.3. The van der Waals surface area contributed by atoms with E-state index in [9.17, 15) is 14.4 Å². The van der Waals surface area contributed by atoms with Gasteiger partial charge in [-0.15, -0.1) is 24.9 Å². The van der Waals surface area contributed by atoms with Crippen LogP contribution in [-0.2, 0) is 19.1 Å². The largest absolute Gasteiger partial charge is 0.465 e. The molecule has 6 atom stereocenters. The number of amides is 2. The molecule has 0 aromatic heterocycles. The molecule has 3 rings (SSSR count). The number of unbranched alkanes of at least 4 members (excludes halogenated alkanes) is 6. The van der Waals surface area contributed by atoms with Crippen LogP contribution in [0.2, 0.25) is 0 Å². The number of rotatable bonds is 18. The van der Waals surface area contributed by atoms with Crippen LogP contribution in [0, 0.1) is 17.8 Å². The van der Waals surface area contributed by atoms with E-state index in [0.717, 1.165) is 64.2 Å². The molecule has 38 heavy (non-hydrogen) atoms. The predicted molar refractivity (Wildman–Crippen MR) is 153 cm³/mol. The van der Waals surface area contributed by atoms with Crippen molar-refractivity contribution in [3.63, 3.8) is 0 Å². The van der Waals surface area contributed by atoms with Crippen LogP contribution in [-0.4, -0.2) is 81.6 Å². The van der Waals surface area contributed by atoms with Crippen molar-refractivity contribution in [2.45, 2.75) is 94.1 Å². The number of carbonyl (C=O) groups excluding carboxylic acids is 3. The van der Waals surface area contributed by atoms with E-state index in [4.69, 9.17) is 9.84 Å². The third-order valence-electron chi connectivity index (χ3n) is 8.55. The van der Waals surface area contributed by atoms with Gasteiger partial charge in [0, 0.05) is 31.5 Å². The second-order valence-corrected chi connectivity index (χ2v) is 12.6. The highest BCUT2D eigenvalue weighted by molar-refractivity contribution is 8.02. The van der Waals surface area contributed by atoms with Gasteiger partial charge < -0.3 is 19.6 Å². The lowest BCUT2D eigenvalue weighted by Gasteiger charge is -2.40. The summed E-state index contributed by atoms with van der Waals surface area (Å²) in [6.07, 6.45) is 12.2. The van der Waals surface area contributed by atoms with Gasteiger partial charge >= 0.3 is 5.97 Å². The second kappa shape index (κ2) is 14.5. The summed E-state index contributed by atoms with van der Waals surface area (Å²) in [7, 11) is 0.